The molecule has 0 saturated carbocycles. The summed E-state index contributed by atoms with van der Waals surface area (Å²) in [6.07, 6.45) is 3.01. The van der Waals surface area contributed by atoms with Crippen molar-refractivity contribution in [1.29, 1.82) is 0 Å². The summed E-state index contributed by atoms with van der Waals surface area (Å²) in [5.74, 6) is 0. The molecule has 1 aliphatic heterocycles. The molecule has 2 aromatic carbocycles. The van der Waals surface area contributed by atoms with Gasteiger partial charge in [-0.05, 0) is 36.2 Å². The normalized spacial score (nSPS) is 19.1. The van der Waals surface area contributed by atoms with Crippen molar-refractivity contribution in [2.75, 3.05) is 13.6 Å². The summed E-state index contributed by atoms with van der Waals surface area (Å²) in [5, 5.41) is 8.35. The van der Waals surface area contributed by atoms with E-state index >= 15 is 0 Å². The second kappa shape index (κ2) is 4.46. The number of nitrogens with one attached hydrogen (secondary N) is 1. The maximum atomic E-state index is 4.11. The largest absolute Gasteiger partial charge is 0.295 e. The minimum atomic E-state index is 0.340. The molecule has 0 amide bonds. The lowest BCUT2D eigenvalue weighted by atomic mass is 9.88. The molecule has 0 spiro atoms. The van der Waals surface area contributed by atoms with Crippen molar-refractivity contribution in [1.82, 2.24) is 15.1 Å². The van der Waals surface area contributed by atoms with Crippen LogP contribution in [-0.2, 0) is 6.42 Å². The van der Waals surface area contributed by atoms with Crippen molar-refractivity contribution in [2.45, 2.75) is 12.5 Å². The Kier molecular flexibility index (Phi) is 2.60. The van der Waals surface area contributed by atoms with Crippen LogP contribution in [0.5, 0.6) is 0 Å². The second-order valence-electron chi connectivity index (χ2n) is 5.55. The van der Waals surface area contributed by atoms with E-state index in [-0.39, 0.29) is 0 Å². The van der Waals surface area contributed by atoms with Crippen molar-refractivity contribution >= 4 is 10.9 Å². The lowest BCUT2D eigenvalue weighted by molar-refractivity contribution is 0.265. The predicted octanol–water partition coefficient (Wildman–Crippen LogP) is 3.14. The molecule has 0 saturated heterocycles. The van der Waals surface area contributed by atoms with Crippen LogP contribution in [0.4, 0.5) is 0 Å². The second-order valence-corrected chi connectivity index (χ2v) is 5.55. The van der Waals surface area contributed by atoms with Crippen LogP contribution in [0.1, 0.15) is 22.7 Å². The Balaban J connectivity index is 1.87. The van der Waals surface area contributed by atoms with Crippen LogP contribution in [0, 0.1) is 0 Å². The quantitative estimate of drug-likeness (QED) is 0.731. The topological polar surface area (TPSA) is 31.9 Å². The van der Waals surface area contributed by atoms with Crippen LogP contribution >= 0.6 is 0 Å². The highest BCUT2D eigenvalue weighted by atomic mass is 15.1. The number of nitrogens with zero attached hydrogens (tertiary/aromatic N) is 2. The average Bonchev–Trinajstić information content (AvgIpc) is 2.94. The van der Waals surface area contributed by atoms with Gasteiger partial charge in [-0.15, -0.1) is 0 Å². The van der Waals surface area contributed by atoms with Crippen LogP contribution in [-0.4, -0.2) is 28.7 Å². The zero-order valence-corrected chi connectivity index (χ0v) is 11.5. The highest BCUT2D eigenvalue weighted by Crippen LogP contribution is 2.34. The third-order valence-electron chi connectivity index (χ3n) is 4.31. The molecule has 3 heteroatoms. The molecule has 0 fully saturated rings. The van der Waals surface area contributed by atoms with Gasteiger partial charge in [0.2, 0.25) is 0 Å². The van der Waals surface area contributed by atoms with Gasteiger partial charge in [0.1, 0.15) is 0 Å². The van der Waals surface area contributed by atoms with Crippen molar-refractivity contribution in [3.8, 4) is 0 Å². The first-order valence-corrected chi connectivity index (χ1v) is 7.04. The van der Waals surface area contributed by atoms with Crippen LogP contribution in [0.25, 0.3) is 10.9 Å². The van der Waals surface area contributed by atoms with E-state index in [2.05, 4.69) is 64.6 Å². The summed E-state index contributed by atoms with van der Waals surface area (Å²) in [7, 11) is 2.21. The van der Waals surface area contributed by atoms with Crippen LogP contribution in [0.3, 0.4) is 0 Å². The number of likely N-dealkylation sites (N-methyl/N-ethyl adjacent to an activating group) is 1. The number of aromatic nitrogens is 2. The minimum Gasteiger partial charge on any atom is -0.295 e. The lowest BCUT2D eigenvalue weighted by Gasteiger charge is -2.35. The summed E-state index contributed by atoms with van der Waals surface area (Å²) in [6, 6.07) is 15.7. The number of fused-ring (bicyclic) bond motifs is 2. The van der Waals surface area contributed by atoms with E-state index in [1.54, 1.807) is 0 Å². The zero-order valence-electron chi connectivity index (χ0n) is 11.5. The van der Waals surface area contributed by atoms with E-state index in [1.165, 1.54) is 22.1 Å². The Bertz CT molecular complexity index is 760. The number of hydrogen-bond acceptors (Lipinski definition) is 2. The molecule has 0 bridgehead atoms. The molecule has 1 atom stereocenters. The van der Waals surface area contributed by atoms with Crippen molar-refractivity contribution in [2.24, 2.45) is 0 Å². The van der Waals surface area contributed by atoms with E-state index in [1.807, 2.05) is 6.20 Å². The van der Waals surface area contributed by atoms with Crippen LogP contribution < -0.4 is 0 Å². The minimum absolute atomic E-state index is 0.340. The Morgan fingerprint density at radius 1 is 1.20 bits per heavy atom. The van der Waals surface area contributed by atoms with Crippen molar-refractivity contribution in [3.63, 3.8) is 0 Å². The van der Waals surface area contributed by atoms with E-state index < -0.39 is 0 Å². The van der Waals surface area contributed by atoms with E-state index in [0.717, 1.165) is 18.5 Å². The van der Waals surface area contributed by atoms with E-state index in [4.69, 9.17) is 0 Å². The average molecular weight is 263 g/mol. The zero-order chi connectivity index (χ0) is 13.5. The number of benzene rings is 2. The Morgan fingerprint density at radius 3 is 3.05 bits per heavy atom. The first-order chi connectivity index (χ1) is 9.83. The molecule has 1 aromatic heterocycles. The smallest absolute Gasteiger partial charge is 0.0653 e. The lowest BCUT2D eigenvalue weighted by Crippen LogP contribution is -2.32. The third kappa shape index (κ3) is 1.74. The van der Waals surface area contributed by atoms with Gasteiger partial charge in [0.05, 0.1) is 17.8 Å². The van der Waals surface area contributed by atoms with Gasteiger partial charge in [0.15, 0.2) is 0 Å². The molecule has 3 aromatic rings. The molecule has 3 nitrogen and oxygen atoms in total. The number of hydrogen-bond donors (Lipinski definition) is 1. The highest BCUT2D eigenvalue weighted by molar-refractivity contribution is 5.78. The summed E-state index contributed by atoms with van der Waals surface area (Å²) < 4.78 is 0. The maximum absolute atomic E-state index is 4.11. The SMILES string of the molecule is CN1CCc2ccccc2C1c1ccc2cn[nH]c2c1. The number of rotatable bonds is 1. The third-order valence-corrected chi connectivity index (χ3v) is 4.31. The molecule has 2 heterocycles. The molecule has 20 heavy (non-hydrogen) atoms. The monoisotopic (exact) mass is 263 g/mol. The summed E-state index contributed by atoms with van der Waals surface area (Å²) >= 11 is 0. The van der Waals surface area contributed by atoms with E-state index in [9.17, 15) is 0 Å². The highest BCUT2D eigenvalue weighted by Gasteiger charge is 2.25. The molecular weight excluding hydrogens is 246 g/mol. The van der Waals surface area contributed by atoms with Gasteiger partial charge in [-0.1, -0.05) is 36.4 Å². The van der Waals surface area contributed by atoms with Gasteiger partial charge < -0.3 is 0 Å². The summed E-state index contributed by atoms with van der Waals surface area (Å²) in [6.45, 7) is 1.10. The van der Waals surface area contributed by atoms with Crippen LogP contribution in [0.2, 0.25) is 0 Å². The molecule has 1 unspecified atom stereocenters. The van der Waals surface area contributed by atoms with E-state index in [0.29, 0.717) is 6.04 Å². The first kappa shape index (κ1) is 11.7. The molecule has 0 radical (unpaired) electrons. The Morgan fingerprint density at radius 2 is 2.10 bits per heavy atom. The fourth-order valence-corrected chi connectivity index (χ4v) is 3.25. The molecule has 1 aliphatic rings. The molecule has 4 rings (SSSR count). The van der Waals surface area contributed by atoms with Gasteiger partial charge in [0, 0.05) is 11.9 Å². The van der Waals surface area contributed by atoms with Crippen molar-refractivity contribution < 1.29 is 0 Å². The first-order valence-electron chi connectivity index (χ1n) is 7.04. The summed E-state index contributed by atoms with van der Waals surface area (Å²) in [4.78, 5) is 2.43. The predicted molar refractivity (Wildman–Crippen MR) is 80.7 cm³/mol. The van der Waals surface area contributed by atoms with Gasteiger partial charge >= 0.3 is 0 Å². The van der Waals surface area contributed by atoms with Gasteiger partial charge in [-0.25, -0.2) is 0 Å². The maximum Gasteiger partial charge on any atom is 0.0653 e. The Hall–Kier alpha value is -2.13. The fourth-order valence-electron chi connectivity index (χ4n) is 3.25. The van der Waals surface area contributed by atoms with Gasteiger partial charge in [0.25, 0.3) is 0 Å². The fraction of sp³-hybridized carbons (Fsp3) is 0.235. The van der Waals surface area contributed by atoms with Crippen LogP contribution in [0.15, 0.2) is 48.7 Å². The number of aromatic amines is 1. The molecule has 0 aliphatic carbocycles. The standard InChI is InChI=1S/C17H17N3/c1-20-9-8-12-4-2-3-5-15(12)17(20)13-6-7-14-11-18-19-16(14)10-13/h2-7,10-11,17H,8-9H2,1H3,(H,18,19). The number of H-pyrrole nitrogens is 1. The van der Waals surface area contributed by atoms with Gasteiger partial charge in [-0.2, -0.15) is 5.10 Å². The summed E-state index contributed by atoms with van der Waals surface area (Å²) in [5.41, 5.74) is 5.34. The molecular formula is C17H17N3. The van der Waals surface area contributed by atoms with Crippen molar-refractivity contribution in [3.05, 3.63) is 65.4 Å². The molecule has 100 valence electrons. The van der Waals surface area contributed by atoms with Gasteiger partial charge in [-0.3, -0.25) is 10.00 Å². The molecule has 1 N–H and O–H groups in total. The Labute approximate surface area is 118 Å².